The first kappa shape index (κ1) is 23.8. The van der Waals surface area contributed by atoms with Gasteiger partial charge in [0.05, 0.1) is 6.61 Å². The van der Waals surface area contributed by atoms with Gasteiger partial charge in [-0.15, -0.1) is 11.3 Å². The molecule has 32 heavy (non-hydrogen) atoms. The third-order valence-electron chi connectivity index (χ3n) is 5.39. The summed E-state index contributed by atoms with van der Waals surface area (Å²) < 4.78 is 10.9. The molecule has 0 radical (unpaired) electrons. The summed E-state index contributed by atoms with van der Waals surface area (Å²) in [6.07, 6.45) is -0.113. The Kier molecular flexibility index (Phi) is 7.90. The highest BCUT2D eigenvalue weighted by molar-refractivity contribution is 7.10. The molecule has 0 spiro atoms. The molecule has 0 bridgehead atoms. The number of thiophene rings is 1. The van der Waals surface area contributed by atoms with Gasteiger partial charge in [0, 0.05) is 23.5 Å². The van der Waals surface area contributed by atoms with Crippen molar-refractivity contribution in [3.05, 3.63) is 51.7 Å². The molecule has 1 aromatic heterocycles. The molecule has 2 atom stereocenters. The maximum atomic E-state index is 12.8. The fourth-order valence-corrected chi connectivity index (χ4v) is 4.47. The Bertz CT molecular complexity index is 954. The first-order valence-corrected chi connectivity index (χ1v) is 11.8. The second kappa shape index (κ2) is 10.6. The summed E-state index contributed by atoms with van der Waals surface area (Å²) in [7, 11) is 0. The van der Waals surface area contributed by atoms with E-state index in [1.807, 2.05) is 32.2 Å². The van der Waals surface area contributed by atoms with E-state index in [0.29, 0.717) is 31.0 Å². The van der Waals surface area contributed by atoms with E-state index in [9.17, 15) is 14.4 Å². The Hall–Kier alpha value is -2.87. The predicted molar refractivity (Wildman–Crippen MR) is 123 cm³/mol. The van der Waals surface area contributed by atoms with Crippen molar-refractivity contribution in [2.75, 3.05) is 13.2 Å². The first-order chi connectivity index (χ1) is 15.3. The van der Waals surface area contributed by atoms with Crippen LogP contribution in [0.25, 0.3) is 0 Å². The standard InChI is InChI=1S/C24H30N2O5S/c1-5-30-19-8-6-17(7-9-19)22(27)25-21(15(2)3)24(29)31-16(4)23(28)26-12-10-20-18(14-26)11-13-32-20/h6-9,11,13,15-16,21H,5,10,12,14H2,1-4H3,(H,25,27)/t16?,21-/m0/s1. The summed E-state index contributed by atoms with van der Waals surface area (Å²) in [4.78, 5) is 41.3. The monoisotopic (exact) mass is 458 g/mol. The molecule has 2 amide bonds. The maximum absolute atomic E-state index is 12.8. The van der Waals surface area contributed by atoms with Gasteiger partial charge in [0.1, 0.15) is 11.8 Å². The zero-order chi connectivity index (χ0) is 23.3. The minimum Gasteiger partial charge on any atom is -0.494 e. The fraction of sp³-hybridized carbons (Fsp3) is 0.458. The van der Waals surface area contributed by atoms with Crippen molar-refractivity contribution in [3.63, 3.8) is 0 Å². The molecule has 7 nitrogen and oxygen atoms in total. The Labute approximate surface area is 192 Å². The third-order valence-corrected chi connectivity index (χ3v) is 6.42. The largest absolute Gasteiger partial charge is 0.494 e. The van der Waals surface area contributed by atoms with Crippen molar-refractivity contribution in [2.45, 2.75) is 52.8 Å². The van der Waals surface area contributed by atoms with E-state index in [1.54, 1.807) is 47.4 Å². The molecular formula is C24H30N2O5S. The molecule has 8 heteroatoms. The minimum absolute atomic E-state index is 0.209. The van der Waals surface area contributed by atoms with E-state index in [0.717, 1.165) is 12.0 Å². The molecule has 1 aromatic carbocycles. The molecule has 0 saturated carbocycles. The topological polar surface area (TPSA) is 84.9 Å². The highest BCUT2D eigenvalue weighted by Crippen LogP contribution is 2.24. The van der Waals surface area contributed by atoms with Crippen molar-refractivity contribution in [1.82, 2.24) is 10.2 Å². The second-order valence-electron chi connectivity index (χ2n) is 8.11. The second-order valence-corrected chi connectivity index (χ2v) is 9.11. The van der Waals surface area contributed by atoms with Gasteiger partial charge in [-0.25, -0.2) is 4.79 Å². The molecule has 0 saturated heterocycles. The van der Waals surface area contributed by atoms with Gasteiger partial charge in [0.2, 0.25) is 0 Å². The van der Waals surface area contributed by atoms with Gasteiger partial charge in [0.25, 0.3) is 11.8 Å². The number of hydrogen-bond donors (Lipinski definition) is 1. The SMILES string of the molecule is CCOc1ccc(C(=O)N[C@H](C(=O)OC(C)C(=O)N2CCc3sccc3C2)C(C)C)cc1. The number of nitrogens with one attached hydrogen (secondary N) is 1. The van der Waals surface area contributed by atoms with Crippen molar-refractivity contribution >= 4 is 29.1 Å². The smallest absolute Gasteiger partial charge is 0.329 e. The van der Waals surface area contributed by atoms with Gasteiger partial charge < -0.3 is 19.7 Å². The van der Waals surface area contributed by atoms with E-state index < -0.39 is 18.1 Å². The number of fused-ring (bicyclic) bond motifs is 1. The van der Waals surface area contributed by atoms with Crippen LogP contribution in [0.3, 0.4) is 0 Å². The molecule has 172 valence electrons. The molecule has 0 fully saturated rings. The van der Waals surface area contributed by atoms with Gasteiger partial charge in [-0.3, -0.25) is 9.59 Å². The Balaban J connectivity index is 1.59. The number of ether oxygens (including phenoxy) is 2. The summed E-state index contributed by atoms with van der Waals surface area (Å²) >= 11 is 1.70. The average Bonchev–Trinajstić information content (AvgIpc) is 3.25. The fourth-order valence-electron chi connectivity index (χ4n) is 3.58. The van der Waals surface area contributed by atoms with Crippen molar-refractivity contribution in [2.24, 2.45) is 5.92 Å². The van der Waals surface area contributed by atoms with Gasteiger partial charge >= 0.3 is 5.97 Å². The number of nitrogens with zero attached hydrogens (tertiary/aromatic N) is 1. The molecule has 1 aliphatic rings. The van der Waals surface area contributed by atoms with E-state index in [1.165, 1.54) is 4.88 Å². The number of rotatable bonds is 8. The van der Waals surface area contributed by atoms with Gasteiger partial charge in [0.15, 0.2) is 6.10 Å². The molecule has 3 rings (SSSR count). The van der Waals surface area contributed by atoms with Crippen LogP contribution >= 0.6 is 11.3 Å². The van der Waals surface area contributed by atoms with Crippen LogP contribution in [-0.2, 0) is 27.3 Å². The molecule has 1 unspecified atom stereocenters. The Morgan fingerprint density at radius 3 is 2.50 bits per heavy atom. The number of benzene rings is 1. The first-order valence-electron chi connectivity index (χ1n) is 10.9. The van der Waals surface area contributed by atoms with Crippen LogP contribution in [0.15, 0.2) is 35.7 Å². The highest BCUT2D eigenvalue weighted by atomic mass is 32.1. The molecule has 1 aliphatic heterocycles. The summed E-state index contributed by atoms with van der Waals surface area (Å²) in [6.45, 7) is 8.78. The number of amides is 2. The third kappa shape index (κ3) is 5.68. The summed E-state index contributed by atoms with van der Waals surface area (Å²) in [5, 5.41) is 4.77. The number of carbonyl (C=O) groups is 3. The molecule has 2 heterocycles. The summed E-state index contributed by atoms with van der Waals surface area (Å²) in [5.74, 6) is -0.768. The van der Waals surface area contributed by atoms with Crippen molar-refractivity contribution < 1.29 is 23.9 Å². The quantitative estimate of drug-likeness (QED) is 0.613. The number of carbonyl (C=O) groups excluding carboxylic acids is 3. The van der Waals surface area contributed by atoms with Gasteiger partial charge in [-0.1, -0.05) is 13.8 Å². The highest BCUT2D eigenvalue weighted by Gasteiger charge is 2.32. The zero-order valence-electron chi connectivity index (χ0n) is 18.9. The molecule has 1 N–H and O–H groups in total. The van der Waals surface area contributed by atoms with Crippen LogP contribution < -0.4 is 10.1 Å². The van der Waals surface area contributed by atoms with E-state index in [2.05, 4.69) is 5.32 Å². The lowest BCUT2D eigenvalue weighted by molar-refractivity contribution is -0.161. The Morgan fingerprint density at radius 2 is 1.84 bits per heavy atom. The maximum Gasteiger partial charge on any atom is 0.329 e. The molecule has 0 aliphatic carbocycles. The van der Waals surface area contributed by atoms with Gasteiger partial charge in [-0.2, -0.15) is 0 Å². The zero-order valence-corrected chi connectivity index (χ0v) is 19.7. The average molecular weight is 459 g/mol. The van der Waals surface area contributed by atoms with Crippen LogP contribution in [-0.4, -0.2) is 48.0 Å². The van der Waals surface area contributed by atoms with E-state index in [4.69, 9.17) is 9.47 Å². The molecular weight excluding hydrogens is 428 g/mol. The normalized spacial score (nSPS) is 15.0. The van der Waals surface area contributed by atoms with Crippen molar-refractivity contribution in [1.29, 1.82) is 0 Å². The van der Waals surface area contributed by atoms with Crippen molar-refractivity contribution in [3.8, 4) is 5.75 Å². The van der Waals surface area contributed by atoms with E-state index >= 15 is 0 Å². The van der Waals surface area contributed by atoms with Crippen LogP contribution in [0, 0.1) is 5.92 Å². The molecule has 2 aromatic rings. The van der Waals surface area contributed by atoms with Crippen LogP contribution in [0.1, 0.15) is 48.5 Å². The predicted octanol–water partition coefficient (Wildman–Crippen LogP) is 3.42. The Morgan fingerprint density at radius 1 is 1.12 bits per heavy atom. The lowest BCUT2D eigenvalue weighted by atomic mass is 10.0. The van der Waals surface area contributed by atoms with E-state index in [-0.39, 0.29) is 17.7 Å². The van der Waals surface area contributed by atoms with Gasteiger partial charge in [-0.05, 0) is 67.5 Å². The lowest BCUT2D eigenvalue weighted by Gasteiger charge is -2.30. The summed E-state index contributed by atoms with van der Waals surface area (Å²) in [5.41, 5.74) is 1.56. The van der Waals surface area contributed by atoms with Crippen LogP contribution in [0.5, 0.6) is 5.75 Å². The number of esters is 1. The minimum atomic E-state index is -0.925. The van der Waals surface area contributed by atoms with Crippen LogP contribution in [0.2, 0.25) is 0 Å². The summed E-state index contributed by atoms with van der Waals surface area (Å²) in [6, 6.07) is 7.86. The number of hydrogen-bond acceptors (Lipinski definition) is 6. The van der Waals surface area contributed by atoms with Crippen LogP contribution in [0.4, 0.5) is 0 Å². The lowest BCUT2D eigenvalue weighted by Crippen LogP contribution is -2.48.